The van der Waals surface area contributed by atoms with Gasteiger partial charge in [0.1, 0.15) is 0 Å². The lowest BCUT2D eigenvalue weighted by Gasteiger charge is -2.03. The average molecular weight is 357 g/mol. The van der Waals surface area contributed by atoms with Crippen LogP contribution in [-0.2, 0) is 4.79 Å². The van der Waals surface area contributed by atoms with Crippen LogP contribution in [0.4, 0.5) is 5.13 Å². The van der Waals surface area contributed by atoms with E-state index in [1.807, 2.05) is 0 Å². The van der Waals surface area contributed by atoms with Crippen molar-refractivity contribution in [3.63, 3.8) is 0 Å². The summed E-state index contributed by atoms with van der Waals surface area (Å²) in [5.41, 5.74) is 4.64. The first-order valence-electron chi connectivity index (χ1n) is 7.89. The van der Waals surface area contributed by atoms with Crippen LogP contribution in [0, 0.1) is 20.8 Å². The number of amides is 1. The van der Waals surface area contributed by atoms with Gasteiger partial charge in [0.2, 0.25) is 5.91 Å². The van der Waals surface area contributed by atoms with Gasteiger partial charge in [-0.3, -0.25) is 4.79 Å². The maximum absolute atomic E-state index is 12.1. The summed E-state index contributed by atoms with van der Waals surface area (Å²) in [5.74, 6) is 0.779. The van der Waals surface area contributed by atoms with Gasteiger partial charge in [0.25, 0.3) is 0 Å². The molecule has 1 heterocycles. The topological polar surface area (TPSA) is 42.0 Å². The van der Waals surface area contributed by atoms with E-state index < -0.39 is 0 Å². The number of rotatable bonds is 5. The molecule has 0 spiro atoms. The molecule has 0 fully saturated rings. The van der Waals surface area contributed by atoms with E-state index in [2.05, 4.69) is 67.5 Å². The number of nitrogens with zero attached hydrogens (tertiary/aromatic N) is 1. The lowest BCUT2D eigenvalue weighted by molar-refractivity contribution is -0.115. The molecule has 0 aliphatic rings. The Morgan fingerprint density at radius 2 is 1.88 bits per heavy atom. The van der Waals surface area contributed by atoms with Crippen LogP contribution in [0.5, 0.6) is 0 Å². The highest BCUT2D eigenvalue weighted by atomic mass is 32.2. The van der Waals surface area contributed by atoms with Gasteiger partial charge in [-0.05, 0) is 50.1 Å². The molecule has 0 radical (unpaired) electrons. The number of hydrogen-bond donors (Lipinski definition) is 1. The Bertz CT molecular complexity index is 869. The number of nitrogens with one attached hydrogen (secondary N) is 1. The molecule has 1 aromatic heterocycles. The van der Waals surface area contributed by atoms with Crippen molar-refractivity contribution in [2.24, 2.45) is 0 Å². The third-order valence-electron chi connectivity index (χ3n) is 3.95. The van der Waals surface area contributed by atoms with Crippen molar-refractivity contribution in [1.82, 2.24) is 4.98 Å². The Kier molecular flexibility index (Phi) is 5.21. The normalized spacial score (nSPS) is 11.0. The first-order valence-corrected chi connectivity index (χ1v) is 9.69. The van der Waals surface area contributed by atoms with Gasteiger partial charge < -0.3 is 5.32 Å². The van der Waals surface area contributed by atoms with E-state index in [9.17, 15) is 4.79 Å². The molecule has 3 nitrogen and oxygen atoms in total. The molecular weight excluding hydrogens is 336 g/mol. The molecule has 124 valence electrons. The van der Waals surface area contributed by atoms with Gasteiger partial charge in [0, 0.05) is 17.1 Å². The van der Waals surface area contributed by atoms with Crippen molar-refractivity contribution in [3.05, 3.63) is 53.1 Å². The molecule has 3 aromatic rings. The highest BCUT2D eigenvalue weighted by Gasteiger charge is 2.10. The minimum atomic E-state index is 0.0167. The van der Waals surface area contributed by atoms with E-state index in [-0.39, 0.29) is 5.91 Å². The van der Waals surface area contributed by atoms with Crippen LogP contribution >= 0.6 is 23.1 Å². The average Bonchev–Trinajstić information content (AvgIpc) is 2.96. The summed E-state index contributed by atoms with van der Waals surface area (Å²) in [6.45, 7) is 6.22. The number of thiazole rings is 1. The number of fused-ring (bicyclic) bond motifs is 1. The summed E-state index contributed by atoms with van der Waals surface area (Å²) in [4.78, 5) is 17.9. The van der Waals surface area contributed by atoms with Crippen molar-refractivity contribution < 1.29 is 4.79 Å². The standard InChI is InChI=1S/C19H20N2OS2/c1-12-4-7-15(8-5-12)23-11-10-17(22)20-19-21-18-14(3)13(2)6-9-16(18)24-19/h4-9H,10-11H2,1-3H3,(H,20,21,22). The Morgan fingerprint density at radius 3 is 2.62 bits per heavy atom. The molecule has 1 amide bonds. The van der Waals surface area contributed by atoms with E-state index >= 15 is 0 Å². The van der Waals surface area contributed by atoms with Gasteiger partial charge in [-0.15, -0.1) is 11.8 Å². The zero-order valence-corrected chi connectivity index (χ0v) is 15.7. The highest BCUT2D eigenvalue weighted by Crippen LogP contribution is 2.29. The Balaban J connectivity index is 1.57. The van der Waals surface area contributed by atoms with Crippen LogP contribution in [0.25, 0.3) is 10.2 Å². The van der Waals surface area contributed by atoms with Crippen molar-refractivity contribution in [2.75, 3.05) is 11.1 Å². The van der Waals surface area contributed by atoms with Gasteiger partial charge in [-0.1, -0.05) is 35.1 Å². The van der Waals surface area contributed by atoms with E-state index in [1.165, 1.54) is 32.9 Å². The molecule has 5 heteroatoms. The number of aryl methyl sites for hydroxylation is 3. The number of aromatic nitrogens is 1. The molecule has 0 unspecified atom stereocenters. The van der Waals surface area contributed by atoms with Gasteiger partial charge >= 0.3 is 0 Å². The number of anilines is 1. The predicted octanol–water partition coefficient (Wildman–Crippen LogP) is 5.34. The smallest absolute Gasteiger partial charge is 0.226 e. The first kappa shape index (κ1) is 17.0. The second-order valence-corrected chi connectivity index (χ2v) is 8.03. The second-order valence-electron chi connectivity index (χ2n) is 5.83. The number of carbonyl (C=O) groups excluding carboxylic acids is 1. The third-order valence-corrected chi connectivity index (χ3v) is 5.90. The SMILES string of the molecule is Cc1ccc(SCCC(=O)Nc2nc3c(C)c(C)ccc3s2)cc1. The molecule has 0 saturated carbocycles. The first-order chi connectivity index (χ1) is 11.5. The quantitative estimate of drug-likeness (QED) is 0.627. The number of hydrogen-bond acceptors (Lipinski definition) is 4. The lowest BCUT2D eigenvalue weighted by atomic mass is 10.1. The summed E-state index contributed by atoms with van der Waals surface area (Å²) in [6.07, 6.45) is 0.479. The molecule has 0 bridgehead atoms. The van der Waals surface area contributed by atoms with E-state index in [0.29, 0.717) is 11.6 Å². The summed E-state index contributed by atoms with van der Waals surface area (Å²) in [5, 5.41) is 3.61. The highest BCUT2D eigenvalue weighted by molar-refractivity contribution is 7.99. The summed E-state index contributed by atoms with van der Waals surface area (Å²) in [6, 6.07) is 12.5. The summed E-state index contributed by atoms with van der Waals surface area (Å²) < 4.78 is 1.11. The predicted molar refractivity (Wildman–Crippen MR) is 104 cm³/mol. The zero-order chi connectivity index (χ0) is 17.1. The molecule has 0 aliphatic carbocycles. The van der Waals surface area contributed by atoms with Crippen molar-refractivity contribution in [2.45, 2.75) is 32.1 Å². The van der Waals surface area contributed by atoms with Crippen LogP contribution in [0.15, 0.2) is 41.3 Å². The van der Waals surface area contributed by atoms with Gasteiger partial charge in [0.15, 0.2) is 5.13 Å². The van der Waals surface area contributed by atoms with Crippen molar-refractivity contribution >= 4 is 44.4 Å². The minimum absolute atomic E-state index is 0.0167. The fourth-order valence-corrected chi connectivity index (χ4v) is 4.15. The maximum Gasteiger partial charge on any atom is 0.226 e. The fraction of sp³-hybridized carbons (Fsp3) is 0.263. The van der Waals surface area contributed by atoms with Crippen LogP contribution in [0.1, 0.15) is 23.1 Å². The van der Waals surface area contributed by atoms with Crippen LogP contribution < -0.4 is 5.32 Å². The molecule has 3 rings (SSSR count). The lowest BCUT2D eigenvalue weighted by Crippen LogP contribution is -2.11. The van der Waals surface area contributed by atoms with E-state index in [1.54, 1.807) is 11.8 Å². The molecule has 0 atom stereocenters. The Labute approximate surface area is 150 Å². The minimum Gasteiger partial charge on any atom is -0.302 e. The van der Waals surface area contributed by atoms with E-state index in [0.717, 1.165) is 16.0 Å². The van der Waals surface area contributed by atoms with Gasteiger partial charge in [0.05, 0.1) is 10.2 Å². The number of benzene rings is 2. The van der Waals surface area contributed by atoms with Crippen molar-refractivity contribution in [1.29, 1.82) is 0 Å². The Hall–Kier alpha value is -1.85. The molecule has 2 aromatic carbocycles. The van der Waals surface area contributed by atoms with Gasteiger partial charge in [-0.2, -0.15) is 0 Å². The maximum atomic E-state index is 12.1. The van der Waals surface area contributed by atoms with E-state index in [4.69, 9.17) is 0 Å². The Morgan fingerprint density at radius 1 is 1.12 bits per heavy atom. The number of thioether (sulfide) groups is 1. The second kappa shape index (κ2) is 7.36. The summed E-state index contributed by atoms with van der Waals surface area (Å²) in [7, 11) is 0. The fourth-order valence-electron chi connectivity index (χ4n) is 2.36. The largest absolute Gasteiger partial charge is 0.302 e. The monoisotopic (exact) mass is 356 g/mol. The van der Waals surface area contributed by atoms with Crippen LogP contribution in [-0.4, -0.2) is 16.6 Å². The third kappa shape index (κ3) is 3.97. The number of carbonyl (C=O) groups is 1. The molecule has 24 heavy (non-hydrogen) atoms. The molecule has 0 aliphatic heterocycles. The van der Waals surface area contributed by atoms with Crippen LogP contribution in [0.3, 0.4) is 0 Å². The zero-order valence-electron chi connectivity index (χ0n) is 14.1. The summed E-state index contributed by atoms with van der Waals surface area (Å²) >= 11 is 3.23. The van der Waals surface area contributed by atoms with Crippen molar-refractivity contribution in [3.8, 4) is 0 Å². The molecule has 1 N–H and O–H groups in total. The van der Waals surface area contributed by atoms with Gasteiger partial charge in [-0.25, -0.2) is 4.98 Å². The molecular formula is C19H20N2OS2. The molecule has 0 saturated heterocycles. The van der Waals surface area contributed by atoms with Crippen LogP contribution in [0.2, 0.25) is 0 Å².